The Labute approximate surface area is 113 Å². The Hall–Kier alpha value is -1.69. The first-order chi connectivity index (χ1) is 9.11. The van der Waals surface area contributed by atoms with Gasteiger partial charge in [0.15, 0.2) is 5.69 Å². The molecule has 104 valence electrons. The lowest BCUT2D eigenvalue weighted by Gasteiger charge is -2.36. The number of anilines is 1. The van der Waals surface area contributed by atoms with E-state index in [2.05, 4.69) is 34.3 Å². The van der Waals surface area contributed by atoms with Crippen LogP contribution in [0.1, 0.15) is 24.3 Å². The van der Waals surface area contributed by atoms with Gasteiger partial charge in [-0.15, -0.1) is 10.2 Å². The van der Waals surface area contributed by atoms with Crippen molar-refractivity contribution in [2.24, 2.45) is 0 Å². The van der Waals surface area contributed by atoms with Crippen molar-refractivity contribution >= 4 is 11.7 Å². The van der Waals surface area contributed by atoms with E-state index in [1.165, 1.54) is 0 Å². The summed E-state index contributed by atoms with van der Waals surface area (Å²) < 4.78 is 0. The van der Waals surface area contributed by atoms with Crippen LogP contribution in [0.2, 0.25) is 0 Å². The molecule has 0 saturated carbocycles. The highest BCUT2D eigenvalue weighted by molar-refractivity contribution is 5.92. The number of aromatic nitrogens is 2. The molecule has 0 aromatic carbocycles. The first-order valence-corrected chi connectivity index (χ1v) is 6.66. The predicted octanol–water partition coefficient (Wildman–Crippen LogP) is 0.684. The van der Waals surface area contributed by atoms with E-state index in [1.54, 1.807) is 19.2 Å². The fourth-order valence-corrected chi connectivity index (χ4v) is 2.18. The SMILES string of the molecule is CNc1ccc(C(=O)N2CCN(C(C)C)CC2)nn1. The molecule has 1 aliphatic heterocycles. The van der Waals surface area contributed by atoms with Gasteiger partial charge in [0.05, 0.1) is 0 Å². The van der Waals surface area contributed by atoms with Crippen LogP contribution in [0.3, 0.4) is 0 Å². The number of piperazine rings is 1. The molecule has 1 amide bonds. The van der Waals surface area contributed by atoms with Crippen LogP contribution in [0.15, 0.2) is 12.1 Å². The van der Waals surface area contributed by atoms with E-state index in [9.17, 15) is 4.79 Å². The van der Waals surface area contributed by atoms with Gasteiger partial charge in [-0.1, -0.05) is 0 Å². The highest BCUT2D eigenvalue weighted by Crippen LogP contribution is 2.10. The number of carbonyl (C=O) groups is 1. The molecule has 2 rings (SSSR count). The lowest BCUT2D eigenvalue weighted by Crippen LogP contribution is -2.50. The molecule has 1 N–H and O–H groups in total. The monoisotopic (exact) mass is 263 g/mol. The molecule has 0 aliphatic carbocycles. The Balaban J connectivity index is 1.97. The van der Waals surface area contributed by atoms with Crippen LogP contribution in [0.5, 0.6) is 0 Å². The van der Waals surface area contributed by atoms with E-state index < -0.39 is 0 Å². The molecule has 6 nitrogen and oxygen atoms in total. The highest BCUT2D eigenvalue weighted by Gasteiger charge is 2.24. The van der Waals surface area contributed by atoms with Crippen LogP contribution in [0, 0.1) is 0 Å². The summed E-state index contributed by atoms with van der Waals surface area (Å²) in [6, 6.07) is 4.02. The van der Waals surface area contributed by atoms with Gasteiger partial charge in [0.1, 0.15) is 5.82 Å². The summed E-state index contributed by atoms with van der Waals surface area (Å²) in [4.78, 5) is 16.5. The fraction of sp³-hybridized carbons (Fsp3) is 0.615. The van der Waals surface area contributed by atoms with Crippen LogP contribution < -0.4 is 5.32 Å². The van der Waals surface area contributed by atoms with Crippen molar-refractivity contribution in [3.05, 3.63) is 17.8 Å². The van der Waals surface area contributed by atoms with Crippen molar-refractivity contribution in [3.63, 3.8) is 0 Å². The molecule has 6 heteroatoms. The van der Waals surface area contributed by atoms with E-state index in [1.807, 2.05) is 4.90 Å². The largest absolute Gasteiger partial charge is 0.372 e. The van der Waals surface area contributed by atoms with Gasteiger partial charge in [0.2, 0.25) is 0 Å². The van der Waals surface area contributed by atoms with Crippen molar-refractivity contribution < 1.29 is 4.79 Å². The van der Waals surface area contributed by atoms with Crippen molar-refractivity contribution in [2.45, 2.75) is 19.9 Å². The molecule has 1 saturated heterocycles. The number of amides is 1. The quantitative estimate of drug-likeness (QED) is 0.869. The van der Waals surface area contributed by atoms with E-state index in [4.69, 9.17) is 0 Å². The highest BCUT2D eigenvalue weighted by atomic mass is 16.2. The average molecular weight is 263 g/mol. The maximum Gasteiger partial charge on any atom is 0.274 e. The second-order valence-corrected chi connectivity index (χ2v) is 4.98. The summed E-state index contributed by atoms with van der Waals surface area (Å²) in [5.41, 5.74) is 0.414. The molecule has 2 heterocycles. The maximum atomic E-state index is 12.3. The van der Waals surface area contributed by atoms with Gasteiger partial charge in [0.25, 0.3) is 5.91 Å². The minimum atomic E-state index is -0.0291. The summed E-state index contributed by atoms with van der Waals surface area (Å²) >= 11 is 0. The molecule has 0 atom stereocenters. The third-order valence-electron chi connectivity index (χ3n) is 3.47. The molecule has 19 heavy (non-hydrogen) atoms. The van der Waals surface area contributed by atoms with Gasteiger partial charge in [-0.2, -0.15) is 0 Å². The first kappa shape index (κ1) is 13.7. The van der Waals surface area contributed by atoms with Gasteiger partial charge in [-0.05, 0) is 26.0 Å². The molecule has 1 aromatic heterocycles. The maximum absolute atomic E-state index is 12.3. The predicted molar refractivity (Wildman–Crippen MR) is 74.2 cm³/mol. The van der Waals surface area contributed by atoms with E-state index in [0.29, 0.717) is 17.6 Å². The lowest BCUT2D eigenvalue weighted by molar-refractivity contribution is 0.0589. The summed E-state index contributed by atoms with van der Waals surface area (Å²) in [7, 11) is 1.77. The smallest absolute Gasteiger partial charge is 0.274 e. The second kappa shape index (κ2) is 5.97. The third-order valence-corrected chi connectivity index (χ3v) is 3.47. The second-order valence-electron chi connectivity index (χ2n) is 4.98. The Bertz CT molecular complexity index is 423. The van der Waals surface area contributed by atoms with E-state index in [-0.39, 0.29) is 5.91 Å². The minimum Gasteiger partial charge on any atom is -0.372 e. The number of rotatable bonds is 3. The standard InChI is InChI=1S/C13H21N5O/c1-10(2)17-6-8-18(9-7-17)13(19)11-4-5-12(14-3)16-15-11/h4-5,10H,6-9H2,1-3H3,(H,14,16). The number of nitrogens with zero attached hydrogens (tertiary/aromatic N) is 4. The normalized spacial score (nSPS) is 16.7. The van der Waals surface area contributed by atoms with Gasteiger partial charge >= 0.3 is 0 Å². The Morgan fingerprint density at radius 2 is 1.89 bits per heavy atom. The third kappa shape index (κ3) is 3.20. The minimum absolute atomic E-state index is 0.0291. The molecular formula is C13H21N5O. The number of hydrogen-bond acceptors (Lipinski definition) is 5. The van der Waals surface area contributed by atoms with Gasteiger partial charge < -0.3 is 10.2 Å². The van der Waals surface area contributed by atoms with Crippen molar-refractivity contribution in [1.29, 1.82) is 0 Å². The zero-order valence-electron chi connectivity index (χ0n) is 11.8. The molecular weight excluding hydrogens is 242 g/mol. The molecule has 0 unspecified atom stereocenters. The molecule has 1 fully saturated rings. The van der Waals surface area contributed by atoms with Crippen molar-refractivity contribution in [1.82, 2.24) is 20.0 Å². The Kier molecular flexibility index (Phi) is 4.31. The lowest BCUT2D eigenvalue weighted by atomic mass is 10.2. The number of hydrogen-bond donors (Lipinski definition) is 1. The summed E-state index contributed by atoms with van der Waals surface area (Å²) in [6.07, 6.45) is 0. The fourth-order valence-electron chi connectivity index (χ4n) is 2.18. The van der Waals surface area contributed by atoms with Crippen LogP contribution in [-0.2, 0) is 0 Å². The summed E-state index contributed by atoms with van der Waals surface area (Å²) in [5, 5.41) is 10.8. The Morgan fingerprint density at radius 1 is 1.21 bits per heavy atom. The molecule has 0 radical (unpaired) electrons. The van der Waals surface area contributed by atoms with Crippen molar-refractivity contribution in [2.75, 3.05) is 38.5 Å². The zero-order chi connectivity index (χ0) is 13.8. The van der Waals surface area contributed by atoms with E-state index in [0.717, 1.165) is 26.2 Å². The van der Waals surface area contributed by atoms with Crippen LogP contribution in [0.25, 0.3) is 0 Å². The van der Waals surface area contributed by atoms with Gasteiger partial charge in [-0.25, -0.2) is 0 Å². The van der Waals surface area contributed by atoms with E-state index >= 15 is 0 Å². The summed E-state index contributed by atoms with van der Waals surface area (Å²) in [6.45, 7) is 7.72. The molecule has 0 spiro atoms. The molecule has 0 bridgehead atoms. The van der Waals surface area contributed by atoms with Crippen LogP contribution >= 0.6 is 0 Å². The van der Waals surface area contributed by atoms with Crippen molar-refractivity contribution in [3.8, 4) is 0 Å². The number of carbonyl (C=O) groups excluding carboxylic acids is 1. The summed E-state index contributed by atoms with van der Waals surface area (Å²) in [5.74, 6) is 0.639. The average Bonchev–Trinajstić information content (AvgIpc) is 2.46. The topological polar surface area (TPSA) is 61.4 Å². The van der Waals surface area contributed by atoms with Gasteiger partial charge in [-0.3, -0.25) is 9.69 Å². The van der Waals surface area contributed by atoms with Gasteiger partial charge in [0, 0.05) is 39.3 Å². The number of nitrogens with one attached hydrogen (secondary N) is 1. The van der Waals surface area contributed by atoms with Crippen LogP contribution in [-0.4, -0.2) is 65.2 Å². The molecule has 1 aliphatic rings. The zero-order valence-corrected chi connectivity index (χ0v) is 11.8. The Morgan fingerprint density at radius 3 is 2.37 bits per heavy atom. The van der Waals surface area contributed by atoms with Crippen LogP contribution in [0.4, 0.5) is 5.82 Å². The first-order valence-electron chi connectivity index (χ1n) is 6.66. The molecule has 1 aromatic rings.